The summed E-state index contributed by atoms with van der Waals surface area (Å²) in [6, 6.07) is 18.1. The van der Waals surface area contributed by atoms with Crippen molar-refractivity contribution in [1.29, 1.82) is 0 Å². The number of benzene rings is 2. The van der Waals surface area contributed by atoms with E-state index >= 15 is 0 Å². The molecule has 2 aromatic carbocycles. The average Bonchev–Trinajstić information content (AvgIpc) is 2.99. The van der Waals surface area contributed by atoms with Crippen LogP contribution in [0, 0.1) is 0 Å². The van der Waals surface area contributed by atoms with Crippen LogP contribution in [0.15, 0.2) is 54.6 Å². The van der Waals surface area contributed by atoms with E-state index in [0.29, 0.717) is 13.2 Å². The maximum Gasteiger partial charge on any atom is 0.145 e. The highest BCUT2D eigenvalue weighted by molar-refractivity contribution is 5.47. The number of hydrogen-bond donors (Lipinski definition) is 1. The van der Waals surface area contributed by atoms with Crippen molar-refractivity contribution in [2.24, 2.45) is 5.73 Å². The summed E-state index contributed by atoms with van der Waals surface area (Å²) in [5.74, 6) is 0.790. The van der Waals surface area contributed by atoms with Gasteiger partial charge < -0.3 is 10.5 Å². The molecular weight excluding hydrogens is 288 g/mol. The second-order valence-corrected chi connectivity index (χ2v) is 5.16. The molecule has 2 N–H and O–H groups in total. The first kappa shape index (κ1) is 15.2. The van der Waals surface area contributed by atoms with Gasteiger partial charge in [-0.25, -0.2) is 4.68 Å². The van der Waals surface area contributed by atoms with Crippen LogP contribution >= 0.6 is 0 Å². The van der Waals surface area contributed by atoms with Gasteiger partial charge >= 0.3 is 0 Å². The summed E-state index contributed by atoms with van der Waals surface area (Å²) >= 11 is 0. The molecule has 0 spiro atoms. The zero-order valence-electron chi connectivity index (χ0n) is 13.1. The predicted octanol–water partition coefficient (Wildman–Crippen LogP) is 2.72. The Kier molecular flexibility index (Phi) is 4.68. The van der Waals surface area contributed by atoms with Crippen LogP contribution in [0.25, 0.3) is 5.69 Å². The molecule has 0 atom stereocenters. The summed E-state index contributed by atoms with van der Waals surface area (Å²) in [5.41, 5.74) is 9.72. The van der Waals surface area contributed by atoms with Crippen molar-refractivity contribution in [2.45, 2.75) is 19.9 Å². The third-order valence-corrected chi connectivity index (χ3v) is 3.64. The molecule has 1 aromatic heterocycles. The Balaban J connectivity index is 2.05. The minimum Gasteiger partial charge on any atom is -0.492 e. The minimum absolute atomic E-state index is 0.360. The van der Waals surface area contributed by atoms with Crippen LogP contribution in [-0.2, 0) is 13.0 Å². The van der Waals surface area contributed by atoms with E-state index in [2.05, 4.69) is 22.4 Å². The summed E-state index contributed by atoms with van der Waals surface area (Å²) in [5, 5.41) is 8.54. The number of ether oxygens (including phenoxy) is 1. The lowest BCUT2D eigenvalue weighted by atomic mass is 10.1. The minimum atomic E-state index is 0.360. The maximum atomic E-state index is 5.85. The second-order valence-electron chi connectivity index (χ2n) is 5.16. The lowest BCUT2D eigenvalue weighted by molar-refractivity contribution is 0.338. The molecule has 0 amide bonds. The lowest BCUT2D eigenvalue weighted by Crippen LogP contribution is -2.08. The summed E-state index contributed by atoms with van der Waals surface area (Å²) in [6.45, 7) is 2.93. The average molecular weight is 308 g/mol. The molecule has 3 rings (SSSR count). The van der Waals surface area contributed by atoms with Crippen molar-refractivity contribution in [1.82, 2.24) is 15.0 Å². The molecule has 0 fully saturated rings. The smallest absolute Gasteiger partial charge is 0.145 e. The standard InChI is InChI=1S/C18H20N4O/c1-2-23-18-11-7-6-10-16(18)22-17(15(13-19)20-21-22)12-14-8-4-3-5-9-14/h3-11H,2,12-13,19H2,1H3. The van der Waals surface area contributed by atoms with Gasteiger partial charge in [0.2, 0.25) is 0 Å². The Hall–Kier alpha value is -2.66. The Morgan fingerprint density at radius 2 is 1.78 bits per heavy atom. The number of rotatable bonds is 6. The van der Waals surface area contributed by atoms with Gasteiger partial charge in [0, 0.05) is 13.0 Å². The molecule has 5 heteroatoms. The first-order valence-corrected chi connectivity index (χ1v) is 7.73. The van der Waals surface area contributed by atoms with Crippen LogP contribution in [0.5, 0.6) is 5.75 Å². The molecule has 3 aromatic rings. The van der Waals surface area contributed by atoms with Gasteiger partial charge in [-0.3, -0.25) is 0 Å². The fourth-order valence-corrected chi connectivity index (χ4v) is 2.56. The summed E-state index contributed by atoms with van der Waals surface area (Å²) in [7, 11) is 0. The molecule has 0 saturated carbocycles. The van der Waals surface area contributed by atoms with E-state index in [0.717, 1.165) is 29.2 Å². The second kappa shape index (κ2) is 7.07. The van der Waals surface area contributed by atoms with Crippen molar-refractivity contribution in [2.75, 3.05) is 6.61 Å². The fourth-order valence-electron chi connectivity index (χ4n) is 2.56. The highest BCUT2D eigenvalue weighted by Gasteiger charge is 2.16. The largest absolute Gasteiger partial charge is 0.492 e. The van der Waals surface area contributed by atoms with Gasteiger partial charge in [-0.2, -0.15) is 0 Å². The van der Waals surface area contributed by atoms with Crippen molar-refractivity contribution >= 4 is 0 Å². The van der Waals surface area contributed by atoms with Gasteiger partial charge in [-0.1, -0.05) is 47.7 Å². The van der Waals surface area contributed by atoms with Crippen LogP contribution in [-0.4, -0.2) is 21.6 Å². The molecule has 0 aliphatic carbocycles. The Labute approximate surface area is 135 Å². The van der Waals surface area contributed by atoms with Gasteiger partial charge in [0.05, 0.1) is 12.3 Å². The van der Waals surface area contributed by atoms with Crippen molar-refractivity contribution in [3.63, 3.8) is 0 Å². The van der Waals surface area contributed by atoms with E-state index in [1.165, 1.54) is 5.56 Å². The van der Waals surface area contributed by atoms with Crippen LogP contribution in [0.3, 0.4) is 0 Å². The molecule has 118 valence electrons. The number of nitrogens with two attached hydrogens (primary N) is 1. The number of nitrogens with zero attached hydrogens (tertiary/aromatic N) is 3. The van der Waals surface area contributed by atoms with Crippen molar-refractivity contribution in [3.8, 4) is 11.4 Å². The number of aromatic nitrogens is 3. The van der Waals surface area contributed by atoms with Crippen LogP contribution in [0.4, 0.5) is 0 Å². The van der Waals surface area contributed by atoms with Gasteiger partial charge in [-0.15, -0.1) is 5.10 Å². The zero-order valence-corrected chi connectivity index (χ0v) is 13.1. The van der Waals surface area contributed by atoms with Crippen LogP contribution < -0.4 is 10.5 Å². The third-order valence-electron chi connectivity index (χ3n) is 3.64. The third kappa shape index (κ3) is 3.24. The van der Waals surface area contributed by atoms with Crippen LogP contribution in [0.1, 0.15) is 23.9 Å². The van der Waals surface area contributed by atoms with Gasteiger partial charge in [-0.05, 0) is 24.6 Å². The quantitative estimate of drug-likeness (QED) is 0.760. The van der Waals surface area contributed by atoms with E-state index in [-0.39, 0.29) is 0 Å². The molecule has 0 radical (unpaired) electrons. The van der Waals surface area contributed by atoms with E-state index in [4.69, 9.17) is 10.5 Å². The van der Waals surface area contributed by atoms with Gasteiger partial charge in [0.1, 0.15) is 17.1 Å². The monoisotopic (exact) mass is 308 g/mol. The van der Waals surface area contributed by atoms with E-state index in [1.54, 1.807) is 0 Å². The highest BCUT2D eigenvalue weighted by Crippen LogP contribution is 2.25. The number of para-hydroxylation sites is 2. The van der Waals surface area contributed by atoms with E-state index in [9.17, 15) is 0 Å². The molecule has 0 aliphatic rings. The van der Waals surface area contributed by atoms with E-state index < -0.39 is 0 Å². The molecule has 0 unspecified atom stereocenters. The molecule has 23 heavy (non-hydrogen) atoms. The molecule has 0 bridgehead atoms. The molecule has 0 aliphatic heterocycles. The van der Waals surface area contributed by atoms with Crippen molar-refractivity contribution < 1.29 is 4.74 Å². The summed E-state index contributed by atoms with van der Waals surface area (Å²) in [6.07, 6.45) is 0.723. The highest BCUT2D eigenvalue weighted by atomic mass is 16.5. The van der Waals surface area contributed by atoms with E-state index in [1.807, 2.05) is 54.1 Å². The topological polar surface area (TPSA) is 66.0 Å². The predicted molar refractivity (Wildman–Crippen MR) is 89.7 cm³/mol. The molecule has 1 heterocycles. The molecule has 0 saturated heterocycles. The Morgan fingerprint density at radius 3 is 2.52 bits per heavy atom. The maximum absolute atomic E-state index is 5.85. The normalized spacial score (nSPS) is 10.7. The van der Waals surface area contributed by atoms with Crippen molar-refractivity contribution in [3.05, 3.63) is 71.5 Å². The summed E-state index contributed by atoms with van der Waals surface area (Å²) in [4.78, 5) is 0. The lowest BCUT2D eigenvalue weighted by Gasteiger charge is -2.12. The number of hydrogen-bond acceptors (Lipinski definition) is 4. The Bertz CT molecular complexity index is 768. The molecular formula is C18H20N4O. The first-order chi connectivity index (χ1) is 11.3. The first-order valence-electron chi connectivity index (χ1n) is 7.73. The fraction of sp³-hybridized carbons (Fsp3) is 0.222. The van der Waals surface area contributed by atoms with Gasteiger partial charge in [0.15, 0.2) is 0 Å². The summed E-state index contributed by atoms with van der Waals surface area (Å²) < 4.78 is 7.55. The van der Waals surface area contributed by atoms with Crippen LogP contribution in [0.2, 0.25) is 0 Å². The molecule has 5 nitrogen and oxygen atoms in total. The SMILES string of the molecule is CCOc1ccccc1-n1nnc(CN)c1Cc1ccccc1. The zero-order chi connectivity index (χ0) is 16.1. The Morgan fingerprint density at radius 1 is 1.04 bits per heavy atom. The van der Waals surface area contributed by atoms with Gasteiger partial charge in [0.25, 0.3) is 0 Å².